The van der Waals surface area contributed by atoms with Crippen LogP contribution in [0, 0.1) is 0 Å². The highest BCUT2D eigenvalue weighted by Gasteiger charge is 2.24. The van der Waals surface area contributed by atoms with Crippen molar-refractivity contribution in [1.29, 1.82) is 0 Å². The zero-order valence-electron chi connectivity index (χ0n) is 18.1. The van der Waals surface area contributed by atoms with Gasteiger partial charge in [-0.1, -0.05) is 54.6 Å². The maximum Gasteiger partial charge on any atom is 0.303 e. The van der Waals surface area contributed by atoms with Crippen molar-refractivity contribution in [3.05, 3.63) is 94.9 Å². The summed E-state index contributed by atoms with van der Waals surface area (Å²) in [5, 5.41) is 8.25. The molecule has 0 fully saturated rings. The summed E-state index contributed by atoms with van der Waals surface area (Å²) in [6, 6.07) is 19.1. The number of hydrogen-bond acceptors (Lipinski definition) is 6. The predicted molar refractivity (Wildman–Crippen MR) is 125 cm³/mol. The third-order valence-corrected chi connectivity index (χ3v) is 5.53. The van der Waals surface area contributed by atoms with Gasteiger partial charge in [-0.05, 0) is 23.8 Å². The van der Waals surface area contributed by atoms with E-state index in [2.05, 4.69) is 10.4 Å². The lowest BCUT2D eigenvalue weighted by atomic mass is 10.2. The number of nitrogens with zero attached hydrogens (tertiary/aromatic N) is 4. The number of hydrogen-bond donors (Lipinski definition) is 1. The Morgan fingerprint density at radius 3 is 2.55 bits per heavy atom. The summed E-state index contributed by atoms with van der Waals surface area (Å²) < 4.78 is 8.59. The minimum Gasteiger partial charge on any atom is -0.458 e. The van der Waals surface area contributed by atoms with E-state index in [9.17, 15) is 9.59 Å². The van der Waals surface area contributed by atoms with Crippen molar-refractivity contribution < 1.29 is 9.53 Å². The van der Waals surface area contributed by atoms with E-state index in [-0.39, 0.29) is 23.7 Å². The molecule has 5 rings (SSSR count). The highest BCUT2D eigenvalue weighted by molar-refractivity contribution is 5.76. The molecule has 0 amide bonds. The number of carbonyl (C=O) groups is 1. The summed E-state index contributed by atoms with van der Waals surface area (Å²) in [5.41, 5.74) is 2.08. The molecule has 0 bridgehead atoms. The van der Waals surface area contributed by atoms with Crippen molar-refractivity contribution in [3.63, 3.8) is 0 Å². The Kier molecular flexibility index (Phi) is 5.48. The van der Waals surface area contributed by atoms with Crippen LogP contribution in [0.25, 0.3) is 16.7 Å². The number of esters is 1. The normalized spacial score (nSPS) is 17.4. The molecule has 166 valence electrons. The molecule has 0 unspecified atom stereocenters. The second-order valence-corrected chi connectivity index (χ2v) is 7.96. The summed E-state index contributed by atoms with van der Waals surface area (Å²) >= 11 is 0. The fourth-order valence-electron chi connectivity index (χ4n) is 4.04. The lowest BCUT2D eigenvalue weighted by Crippen LogP contribution is -2.28. The Morgan fingerprint density at radius 1 is 1.09 bits per heavy atom. The molecule has 2 heterocycles. The summed E-state index contributed by atoms with van der Waals surface area (Å²) in [6.07, 6.45) is 5.61. The topological polar surface area (TPSA) is 91.0 Å². The van der Waals surface area contributed by atoms with Crippen LogP contribution >= 0.6 is 0 Å². The van der Waals surface area contributed by atoms with E-state index in [0.29, 0.717) is 35.6 Å². The minimum absolute atomic E-state index is 0.140. The van der Waals surface area contributed by atoms with Crippen LogP contribution in [0.5, 0.6) is 0 Å². The maximum atomic E-state index is 13.5. The number of nitrogens with one attached hydrogen (secondary N) is 1. The molecule has 0 radical (unpaired) electrons. The second-order valence-electron chi connectivity index (χ2n) is 7.96. The number of ether oxygens (including phenoxy) is 1. The van der Waals surface area contributed by atoms with Gasteiger partial charge in [-0.25, -0.2) is 9.25 Å². The smallest absolute Gasteiger partial charge is 0.303 e. The van der Waals surface area contributed by atoms with Gasteiger partial charge in [-0.15, -0.1) is 0 Å². The Morgan fingerprint density at radius 2 is 1.82 bits per heavy atom. The van der Waals surface area contributed by atoms with Crippen molar-refractivity contribution in [3.8, 4) is 5.69 Å². The third kappa shape index (κ3) is 4.27. The number of rotatable bonds is 6. The first-order valence-corrected chi connectivity index (χ1v) is 10.8. The molecule has 1 aliphatic rings. The molecule has 2 atom stereocenters. The Labute approximate surface area is 190 Å². The molecule has 2 aromatic heterocycles. The van der Waals surface area contributed by atoms with Gasteiger partial charge in [0.25, 0.3) is 5.56 Å². The van der Waals surface area contributed by atoms with E-state index < -0.39 is 0 Å². The van der Waals surface area contributed by atoms with E-state index in [1.807, 2.05) is 72.8 Å². The van der Waals surface area contributed by atoms with Crippen molar-refractivity contribution in [2.45, 2.75) is 32.0 Å². The molecule has 8 heteroatoms. The van der Waals surface area contributed by atoms with Crippen LogP contribution in [-0.2, 0) is 16.1 Å². The summed E-state index contributed by atoms with van der Waals surface area (Å²) in [4.78, 5) is 29.7. The van der Waals surface area contributed by atoms with E-state index in [4.69, 9.17) is 9.72 Å². The largest absolute Gasteiger partial charge is 0.458 e. The average Bonchev–Trinajstić information content (AvgIpc) is 3.42. The standard InChI is InChI=1S/C25H23N5O3/c1-17(31)33-21-13-12-19(14-21)27-25-28-23-22(24(32)30(25)20-10-6-3-7-11-20)15-26-29(23)16-18-8-4-2-5-9-18/h2-13,15,19,21H,14,16H2,1H3,(H,27,28)/t19-,21+/m1/s1. The van der Waals surface area contributed by atoms with Crippen molar-refractivity contribution in [1.82, 2.24) is 19.3 Å². The van der Waals surface area contributed by atoms with E-state index in [1.165, 1.54) is 6.92 Å². The fraction of sp³-hybridized carbons (Fsp3) is 0.200. The van der Waals surface area contributed by atoms with Gasteiger partial charge in [-0.2, -0.15) is 10.1 Å². The monoisotopic (exact) mass is 441 g/mol. The van der Waals surface area contributed by atoms with Crippen molar-refractivity contribution in [2.75, 3.05) is 5.32 Å². The maximum absolute atomic E-state index is 13.5. The SMILES string of the molecule is CC(=O)O[C@H]1C=C[C@@H](Nc2nc3c(cnn3Cc3ccccc3)c(=O)n2-c2ccccc2)C1. The third-order valence-electron chi connectivity index (χ3n) is 5.53. The zero-order chi connectivity index (χ0) is 22.8. The summed E-state index contributed by atoms with van der Waals surface area (Å²) in [5.74, 6) is 0.0856. The summed E-state index contributed by atoms with van der Waals surface area (Å²) in [7, 11) is 0. The van der Waals surface area contributed by atoms with Crippen LogP contribution in [0.15, 0.2) is 83.8 Å². The van der Waals surface area contributed by atoms with Crippen molar-refractivity contribution >= 4 is 23.0 Å². The lowest BCUT2D eigenvalue weighted by Gasteiger charge is -2.18. The van der Waals surface area contributed by atoms with Gasteiger partial charge in [0.05, 0.1) is 24.5 Å². The van der Waals surface area contributed by atoms with Gasteiger partial charge in [0.2, 0.25) is 5.95 Å². The second kappa shape index (κ2) is 8.74. The van der Waals surface area contributed by atoms with Crippen LogP contribution in [0.4, 0.5) is 5.95 Å². The summed E-state index contributed by atoms with van der Waals surface area (Å²) in [6.45, 7) is 1.90. The predicted octanol–water partition coefficient (Wildman–Crippen LogP) is 3.30. The highest BCUT2D eigenvalue weighted by atomic mass is 16.5. The lowest BCUT2D eigenvalue weighted by molar-refractivity contribution is -0.144. The van der Waals surface area contributed by atoms with E-state index >= 15 is 0 Å². The van der Waals surface area contributed by atoms with Gasteiger partial charge in [0, 0.05) is 13.3 Å². The average molecular weight is 441 g/mol. The van der Waals surface area contributed by atoms with Crippen LogP contribution in [-0.4, -0.2) is 37.4 Å². The van der Waals surface area contributed by atoms with Gasteiger partial charge in [0.15, 0.2) is 5.65 Å². The molecule has 0 saturated heterocycles. The number of carbonyl (C=O) groups excluding carboxylic acids is 1. The van der Waals surface area contributed by atoms with Crippen LogP contribution < -0.4 is 10.9 Å². The van der Waals surface area contributed by atoms with E-state index in [1.54, 1.807) is 15.4 Å². The first kappa shape index (κ1) is 20.7. The Bertz CT molecular complexity index is 1380. The molecule has 8 nitrogen and oxygen atoms in total. The minimum atomic E-state index is -0.323. The number of fused-ring (bicyclic) bond motifs is 1. The quantitative estimate of drug-likeness (QED) is 0.365. The number of benzene rings is 2. The molecule has 2 aromatic carbocycles. The molecule has 0 saturated carbocycles. The zero-order valence-corrected chi connectivity index (χ0v) is 18.1. The number of anilines is 1. The molecular weight excluding hydrogens is 418 g/mol. The molecule has 1 N–H and O–H groups in total. The fourth-order valence-corrected chi connectivity index (χ4v) is 4.04. The van der Waals surface area contributed by atoms with Gasteiger partial charge < -0.3 is 10.1 Å². The molecule has 1 aliphatic carbocycles. The van der Waals surface area contributed by atoms with Crippen LogP contribution in [0.3, 0.4) is 0 Å². The number of aromatic nitrogens is 4. The molecule has 4 aromatic rings. The molecular formula is C25H23N5O3. The first-order valence-electron chi connectivity index (χ1n) is 10.8. The molecule has 33 heavy (non-hydrogen) atoms. The van der Waals surface area contributed by atoms with Crippen LogP contribution in [0.2, 0.25) is 0 Å². The first-order chi connectivity index (χ1) is 16.1. The van der Waals surface area contributed by atoms with Gasteiger partial charge >= 0.3 is 5.97 Å². The van der Waals surface area contributed by atoms with Crippen molar-refractivity contribution in [2.24, 2.45) is 0 Å². The van der Waals surface area contributed by atoms with Gasteiger partial charge in [-0.3, -0.25) is 9.59 Å². The molecule has 0 aliphatic heterocycles. The number of para-hydroxylation sites is 1. The Hall–Kier alpha value is -4.20. The van der Waals surface area contributed by atoms with Crippen LogP contribution in [0.1, 0.15) is 18.9 Å². The van der Waals surface area contributed by atoms with Gasteiger partial charge in [0.1, 0.15) is 11.5 Å². The Balaban J connectivity index is 1.56. The van der Waals surface area contributed by atoms with E-state index in [0.717, 1.165) is 5.56 Å². The molecule has 0 spiro atoms. The highest BCUT2D eigenvalue weighted by Crippen LogP contribution is 2.22.